The molecule has 94 valence electrons. The molecule has 1 nitrogen and oxygen atoms in total. The first-order chi connectivity index (χ1) is 8.25. The summed E-state index contributed by atoms with van der Waals surface area (Å²) in [6.45, 7) is 1.25. The SMILES string of the molecule is Fc1ccc(F)c(CNCC2CSCCS2)c1. The minimum atomic E-state index is -0.384. The van der Waals surface area contributed by atoms with Gasteiger partial charge in [-0.3, -0.25) is 0 Å². The van der Waals surface area contributed by atoms with Gasteiger partial charge in [-0.1, -0.05) is 0 Å². The Kier molecular flexibility index (Phi) is 5.13. The second-order valence-electron chi connectivity index (χ2n) is 3.93. The monoisotopic (exact) mass is 275 g/mol. The van der Waals surface area contributed by atoms with E-state index in [0.717, 1.165) is 18.4 Å². The molecule has 1 saturated heterocycles. The van der Waals surface area contributed by atoms with Gasteiger partial charge in [0.05, 0.1) is 0 Å². The Bertz CT molecular complexity index is 368. The largest absolute Gasteiger partial charge is 0.311 e. The van der Waals surface area contributed by atoms with Crippen molar-refractivity contribution in [2.75, 3.05) is 23.8 Å². The van der Waals surface area contributed by atoms with Gasteiger partial charge in [-0.2, -0.15) is 23.5 Å². The average molecular weight is 275 g/mol. The van der Waals surface area contributed by atoms with E-state index >= 15 is 0 Å². The number of hydrogen-bond donors (Lipinski definition) is 1. The van der Waals surface area contributed by atoms with E-state index in [1.165, 1.54) is 23.6 Å². The van der Waals surface area contributed by atoms with E-state index < -0.39 is 0 Å². The van der Waals surface area contributed by atoms with Gasteiger partial charge >= 0.3 is 0 Å². The van der Waals surface area contributed by atoms with E-state index in [9.17, 15) is 8.78 Å². The Labute approximate surface area is 109 Å². The van der Waals surface area contributed by atoms with Gasteiger partial charge in [0, 0.05) is 41.2 Å². The predicted octanol–water partition coefficient (Wildman–Crippen LogP) is 2.90. The molecule has 0 aliphatic carbocycles. The Morgan fingerprint density at radius 3 is 2.94 bits per heavy atom. The van der Waals surface area contributed by atoms with Gasteiger partial charge in [0.2, 0.25) is 0 Å². The quantitative estimate of drug-likeness (QED) is 0.907. The van der Waals surface area contributed by atoms with E-state index in [4.69, 9.17) is 0 Å². The Morgan fingerprint density at radius 2 is 2.18 bits per heavy atom. The van der Waals surface area contributed by atoms with Crippen LogP contribution in [0.4, 0.5) is 8.78 Å². The van der Waals surface area contributed by atoms with Crippen LogP contribution in [0.5, 0.6) is 0 Å². The van der Waals surface area contributed by atoms with Crippen LogP contribution in [0, 0.1) is 11.6 Å². The fourth-order valence-corrected chi connectivity index (χ4v) is 4.35. The lowest BCUT2D eigenvalue weighted by Gasteiger charge is -2.21. The first-order valence-corrected chi connectivity index (χ1v) is 7.80. The first kappa shape index (κ1) is 13.2. The second kappa shape index (κ2) is 6.61. The van der Waals surface area contributed by atoms with Crippen molar-refractivity contribution in [3.8, 4) is 0 Å². The summed E-state index contributed by atoms with van der Waals surface area (Å²) in [5.74, 6) is 2.82. The molecule has 1 fully saturated rings. The molecular formula is C12H15F2NS2. The van der Waals surface area contributed by atoms with Crippen molar-refractivity contribution in [1.29, 1.82) is 0 Å². The summed E-state index contributed by atoms with van der Waals surface area (Å²) in [5.41, 5.74) is 0.401. The molecule has 1 aliphatic heterocycles. The van der Waals surface area contributed by atoms with Gasteiger partial charge in [0.25, 0.3) is 0 Å². The molecule has 1 unspecified atom stereocenters. The lowest BCUT2D eigenvalue weighted by Crippen LogP contribution is -2.28. The van der Waals surface area contributed by atoms with Crippen molar-refractivity contribution in [3.05, 3.63) is 35.4 Å². The van der Waals surface area contributed by atoms with Gasteiger partial charge < -0.3 is 5.32 Å². The third kappa shape index (κ3) is 4.16. The lowest BCUT2D eigenvalue weighted by atomic mass is 10.2. The Hall–Kier alpha value is -0.260. The summed E-state index contributed by atoms with van der Waals surface area (Å²) < 4.78 is 26.2. The molecule has 1 aromatic rings. The predicted molar refractivity (Wildman–Crippen MR) is 71.6 cm³/mol. The second-order valence-corrected chi connectivity index (χ2v) is 6.49. The van der Waals surface area contributed by atoms with E-state index in [0.29, 0.717) is 17.4 Å². The van der Waals surface area contributed by atoms with E-state index in [2.05, 4.69) is 5.32 Å². The van der Waals surface area contributed by atoms with Crippen LogP contribution in [0.1, 0.15) is 5.56 Å². The minimum absolute atomic E-state index is 0.343. The van der Waals surface area contributed by atoms with Crippen LogP contribution >= 0.6 is 23.5 Å². The maximum atomic E-state index is 13.3. The maximum absolute atomic E-state index is 13.3. The molecule has 1 atom stereocenters. The first-order valence-electron chi connectivity index (χ1n) is 5.59. The molecule has 1 N–H and O–H groups in total. The highest BCUT2D eigenvalue weighted by Gasteiger charge is 2.13. The number of rotatable bonds is 4. The highest BCUT2D eigenvalue weighted by molar-refractivity contribution is 8.06. The number of halogens is 2. The topological polar surface area (TPSA) is 12.0 Å². The fraction of sp³-hybridized carbons (Fsp3) is 0.500. The van der Waals surface area contributed by atoms with Crippen molar-refractivity contribution in [2.24, 2.45) is 0 Å². The van der Waals surface area contributed by atoms with Crippen LogP contribution in [0.25, 0.3) is 0 Å². The summed E-state index contributed by atoms with van der Waals surface area (Å²) in [6, 6.07) is 3.58. The van der Waals surface area contributed by atoms with E-state index in [1.54, 1.807) is 0 Å². The molecule has 17 heavy (non-hydrogen) atoms. The maximum Gasteiger partial charge on any atom is 0.127 e. The molecule has 0 radical (unpaired) electrons. The number of nitrogens with one attached hydrogen (secondary N) is 1. The van der Waals surface area contributed by atoms with Crippen molar-refractivity contribution in [3.63, 3.8) is 0 Å². The summed E-state index contributed by atoms with van der Waals surface area (Å²) in [7, 11) is 0. The molecule has 0 aromatic heterocycles. The minimum Gasteiger partial charge on any atom is -0.311 e. The van der Waals surface area contributed by atoms with Crippen molar-refractivity contribution >= 4 is 23.5 Å². The van der Waals surface area contributed by atoms with Crippen LogP contribution in [-0.2, 0) is 6.54 Å². The van der Waals surface area contributed by atoms with Crippen molar-refractivity contribution in [2.45, 2.75) is 11.8 Å². The Morgan fingerprint density at radius 1 is 1.29 bits per heavy atom. The number of benzene rings is 1. The van der Waals surface area contributed by atoms with Gasteiger partial charge in [-0.15, -0.1) is 0 Å². The van der Waals surface area contributed by atoms with Crippen LogP contribution in [0.2, 0.25) is 0 Å². The molecule has 1 aromatic carbocycles. The summed E-state index contributed by atoms with van der Waals surface area (Å²) in [4.78, 5) is 0. The summed E-state index contributed by atoms with van der Waals surface area (Å²) >= 11 is 3.91. The zero-order chi connectivity index (χ0) is 12.1. The van der Waals surface area contributed by atoms with Crippen LogP contribution in [0.15, 0.2) is 18.2 Å². The Balaban J connectivity index is 1.79. The average Bonchev–Trinajstić information content (AvgIpc) is 2.35. The standard InChI is InChI=1S/C12H15F2NS2/c13-10-1-2-12(14)9(5-10)6-15-7-11-8-16-3-4-17-11/h1-2,5,11,15H,3-4,6-8H2. The molecule has 5 heteroatoms. The van der Waals surface area contributed by atoms with Crippen LogP contribution in [-0.4, -0.2) is 29.1 Å². The third-order valence-electron chi connectivity index (χ3n) is 2.58. The van der Waals surface area contributed by atoms with Gasteiger partial charge in [0.15, 0.2) is 0 Å². The molecule has 1 heterocycles. The van der Waals surface area contributed by atoms with Crippen molar-refractivity contribution in [1.82, 2.24) is 5.32 Å². The lowest BCUT2D eigenvalue weighted by molar-refractivity contribution is 0.569. The highest BCUT2D eigenvalue weighted by atomic mass is 32.2. The van der Waals surface area contributed by atoms with E-state index in [1.807, 2.05) is 23.5 Å². The summed E-state index contributed by atoms with van der Waals surface area (Å²) in [5, 5.41) is 3.79. The summed E-state index contributed by atoms with van der Waals surface area (Å²) in [6.07, 6.45) is 0. The van der Waals surface area contributed by atoms with Gasteiger partial charge in [-0.05, 0) is 18.2 Å². The molecule has 0 spiro atoms. The normalized spacial score (nSPS) is 20.5. The van der Waals surface area contributed by atoms with Gasteiger partial charge in [-0.25, -0.2) is 8.78 Å². The third-order valence-corrected chi connectivity index (χ3v) is 5.43. The molecular weight excluding hydrogens is 260 g/mol. The zero-order valence-corrected chi connectivity index (χ0v) is 11.1. The van der Waals surface area contributed by atoms with E-state index in [-0.39, 0.29) is 11.6 Å². The smallest absolute Gasteiger partial charge is 0.127 e. The molecule has 1 aliphatic rings. The number of hydrogen-bond acceptors (Lipinski definition) is 3. The molecule has 0 bridgehead atoms. The molecule has 0 saturated carbocycles. The fourth-order valence-electron chi connectivity index (χ4n) is 1.70. The number of thioether (sulfide) groups is 2. The van der Waals surface area contributed by atoms with Gasteiger partial charge in [0.1, 0.15) is 11.6 Å². The molecule has 0 amide bonds. The van der Waals surface area contributed by atoms with Crippen LogP contribution in [0.3, 0.4) is 0 Å². The highest BCUT2D eigenvalue weighted by Crippen LogP contribution is 2.23. The zero-order valence-electron chi connectivity index (χ0n) is 9.42. The van der Waals surface area contributed by atoms with Crippen molar-refractivity contribution < 1.29 is 8.78 Å². The molecule has 2 rings (SSSR count). The van der Waals surface area contributed by atoms with Crippen LogP contribution < -0.4 is 5.32 Å².